The highest BCUT2D eigenvalue weighted by molar-refractivity contribution is 14.1. The Labute approximate surface area is 153 Å². The molecule has 1 rings (SSSR count). The van der Waals surface area contributed by atoms with Crippen molar-refractivity contribution < 1.29 is 18.4 Å². The van der Waals surface area contributed by atoms with E-state index in [0.717, 1.165) is 23.7 Å². The number of carbonyl (C=O) groups excluding carboxylic acids is 1. The average molecular weight is 452 g/mol. The van der Waals surface area contributed by atoms with Gasteiger partial charge in [-0.1, -0.05) is 52.9 Å². The molecular weight excluding hydrogens is 426 g/mol. The van der Waals surface area contributed by atoms with Gasteiger partial charge in [0.2, 0.25) is 5.52 Å². The monoisotopic (exact) mass is 452 g/mol. The molecule has 0 bridgehead atoms. The molecule has 1 aromatic rings. The highest BCUT2D eigenvalue weighted by Gasteiger charge is 2.38. The summed E-state index contributed by atoms with van der Waals surface area (Å²) in [5.74, 6) is -0.283. The van der Waals surface area contributed by atoms with Crippen molar-refractivity contribution in [3.63, 3.8) is 0 Å². The van der Waals surface area contributed by atoms with Gasteiger partial charge in [-0.25, -0.2) is 0 Å². The number of rotatable bonds is 12. The van der Waals surface area contributed by atoms with Gasteiger partial charge in [0.05, 0.1) is 13.2 Å². The fraction of sp³-hybridized carbons (Fsp3) is 0.588. The Kier molecular flexibility index (Phi) is 10.3. The number of halogens is 1. The second-order valence-corrected chi connectivity index (χ2v) is 8.25. The molecule has 4 nitrogen and oxygen atoms in total. The molecular formula is C17H26IO4P. The van der Waals surface area contributed by atoms with Gasteiger partial charge in [0.25, 0.3) is 0 Å². The van der Waals surface area contributed by atoms with Crippen molar-refractivity contribution in [2.24, 2.45) is 5.92 Å². The highest BCUT2D eigenvalue weighted by Crippen LogP contribution is 2.52. The Hall–Kier alpha value is -0.230. The lowest BCUT2D eigenvalue weighted by Gasteiger charge is -2.21. The summed E-state index contributed by atoms with van der Waals surface area (Å²) in [7, 11) is -3.67. The van der Waals surface area contributed by atoms with Crippen molar-refractivity contribution in [3.05, 3.63) is 35.9 Å². The van der Waals surface area contributed by atoms with Crippen molar-refractivity contribution in [1.29, 1.82) is 0 Å². The van der Waals surface area contributed by atoms with E-state index in [9.17, 15) is 9.36 Å². The maximum Gasteiger partial charge on any atom is 0.396 e. The van der Waals surface area contributed by atoms with Crippen LogP contribution in [0.3, 0.4) is 0 Å². The van der Waals surface area contributed by atoms with E-state index in [2.05, 4.69) is 22.6 Å². The first-order chi connectivity index (χ1) is 11.1. The van der Waals surface area contributed by atoms with Crippen LogP contribution in [0, 0.1) is 5.92 Å². The number of hydrogen-bond donors (Lipinski definition) is 0. The van der Waals surface area contributed by atoms with E-state index in [1.54, 1.807) is 13.8 Å². The van der Waals surface area contributed by atoms with E-state index >= 15 is 0 Å². The third-order valence-electron chi connectivity index (χ3n) is 3.53. The van der Waals surface area contributed by atoms with Gasteiger partial charge in [0.15, 0.2) is 0 Å². The van der Waals surface area contributed by atoms with Gasteiger partial charge < -0.3 is 9.05 Å². The van der Waals surface area contributed by atoms with E-state index in [1.807, 2.05) is 30.3 Å². The first-order valence-corrected chi connectivity index (χ1v) is 11.2. The van der Waals surface area contributed by atoms with Crippen LogP contribution in [0.1, 0.15) is 38.7 Å². The van der Waals surface area contributed by atoms with Crippen LogP contribution in [0.25, 0.3) is 0 Å². The van der Waals surface area contributed by atoms with Crippen LogP contribution in [0.5, 0.6) is 0 Å². The summed E-state index contributed by atoms with van der Waals surface area (Å²) in [6.45, 7) is 3.87. The third kappa shape index (κ3) is 7.04. The highest BCUT2D eigenvalue weighted by atomic mass is 127. The van der Waals surface area contributed by atoms with Crippen LogP contribution in [-0.2, 0) is 24.8 Å². The molecule has 1 unspecified atom stereocenters. The fourth-order valence-electron chi connectivity index (χ4n) is 2.43. The molecule has 0 amide bonds. The summed E-state index contributed by atoms with van der Waals surface area (Å²) in [6.07, 6.45) is 3.10. The zero-order chi connectivity index (χ0) is 17.1. The molecule has 0 fully saturated rings. The molecule has 0 N–H and O–H groups in total. The zero-order valence-corrected chi connectivity index (χ0v) is 16.9. The smallest absolute Gasteiger partial charge is 0.303 e. The van der Waals surface area contributed by atoms with E-state index < -0.39 is 7.60 Å². The molecule has 6 heteroatoms. The summed E-state index contributed by atoms with van der Waals surface area (Å²) in [5, 5.41) is 0. The second kappa shape index (κ2) is 11.3. The first kappa shape index (κ1) is 20.8. The molecule has 0 aliphatic rings. The Morgan fingerprint density at radius 3 is 2.26 bits per heavy atom. The molecule has 0 radical (unpaired) electrons. The Bertz CT molecular complexity index is 497. The fourth-order valence-corrected chi connectivity index (χ4v) is 4.58. The van der Waals surface area contributed by atoms with Crippen LogP contribution in [0.4, 0.5) is 0 Å². The third-order valence-corrected chi connectivity index (χ3v) is 6.39. The first-order valence-electron chi connectivity index (χ1n) is 8.10. The normalized spacial score (nSPS) is 13.0. The standard InChI is InChI=1S/C17H26IO4P/c1-3-21-23(20,22-4-2)17(19)16(11-8-14-18)13-12-15-9-6-5-7-10-15/h5-7,9-10,16H,3-4,8,11-14H2,1-2H3. The van der Waals surface area contributed by atoms with E-state index in [0.29, 0.717) is 6.42 Å². The van der Waals surface area contributed by atoms with Gasteiger partial charge in [0, 0.05) is 5.92 Å². The molecule has 0 saturated carbocycles. The zero-order valence-electron chi connectivity index (χ0n) is 13.9. The lowest BCUT2D eigenvalue weighted by Crippen LogP contribution is -2.19. The Balaban J connectivity index is 2.81. The van der Waals surface area contributed by atoms with Gasteiger partial charge >= 0.3 is 7.60 Å². The topological polar surface area (TPSA) is 52.6 Å². The van der Waals surface area contributed by atoms with Gasteiger partial charge in [-0.05, 0) is 49.5 Å². The number of carbonyl (C=O) groups is 1. The Morgan fingerprint density at radius 1 is 1.13 bits per heavy atom. The lowest BCUT2D eigenvalue weighted by molar-refractivity contribution is -0.117. The van der Waals surface area contributed by atoms with E-state index in [-0.39, 0.29) is 24.7 Å². The quantitative estimate of drug-likeness (QED) is 0.247. The molecule has 0 spiro atoms. The summed E-state index contributed by atoms with van der Waals surface area (Å²) < 4.78 is 24.2. The average Bonchev–Trinajstić information content (AvgIpc) is 2.56. The summed E-state index contributed by atoms with van der Waals surface area (Å²) in [5.41, 5.74) is 0.824. The van der Waals surface area contributed by atoms with Crippen molar-refractivity contribution >= 4 is 35.7 Å². The van der Waals surface area contributed by atoms with Gasteiger partial charge in [-0.15, -0.1) is 0 Å². The second-order valence-electron chi connectivity index (χ2n) is 5.22. The largest absolute Gasteiger partial charge is 0.396 e. The Morgan fingerprint density at radius 2 is 1.74 bits per heavy atom. The maximum atomic E-state index is 12.8. The van der Waals surface area contributed by atoms with E-state index in [4.69, 9.17) is 9.05 Å². The minimum atomic E-state index is -3.67. The van der Waals surface area contributed by atoms with Crippen molar-refractivity contribution in [3.8, 4) is 0 Å². The maximum absolute atomic E-state index is 12.8. The minimum absolute atomic E-state index is 0.209. The van der Waals surface area contributed by atoms with Crippen LogP contribution >= 0.6 is 30.2 Å². The molecule has 23 heavy (non-hydrogen) atoms. The van der Waals surface area contributed by atoms with Crippen LogP contribution in [0.2, 0.25) is 0 Å². The van der Waals surface area contributed by atoms with E-state index in [1.165, 1.54) is 5.56 Å². The lowest BCUT2D eigenvalue weighted by atomic mass is 9.96. The predicted octanol–water partition coefficient (Wildman–Crippen LogP) is 5.24. The molecule has 1 aromatic carbocycles. The van der Waals surface area contributed by atoms with Crippen molar-refractivity contribution in [1.82, 2.24) is 0 Å². The van der Waals surface area contributed by atoms with Crippen molar-refractivity contribution in [2.45, 2.75) is 39.5 Å². The summed E-state index contributed by atoms with van der Waals surface area (Å²) in [4.78, 5) is 12.8. The molecule has 0 saturated heterocycles. The number of aryl methyl sites for hydroxylation is 1. The van der Waals surface area contributed by atoms with Crippen LogP contribution in [-0.4, -0.2) is 23.2 Å². The SMILES string of the molecule is CCOP(=O)(OCC)C(=O)C(CCCI)CCc1ccccc1. The van der Waals surface area contributed by atoms with Crippen molar-refractivity contribution in [2.75, 3.05) is 17.6 Å². The molecule has 0 aliphatic heterocycles. The molecule has 130 valence electrons. The molecule has 1 atom stereocenters. The van der Waals surface area contributed by atoms with Crippen LogP contribution < -0.4 is 0 Å². The summed E-state index contributed by atoms with van der Waals surface area (Å²) in [6, 6.07) is 10.0. The number of hydrogen-bond acceptors (Lipinski definition) is 4. The van der Waals surface area contributed by atoms with Gasteiger partial charge in [-0.2, -0.15) is 0 Å². The summed E-state index contributed by atoms with van der Waals surface area (Å²) >= 11 is 2.30. The molecule has 0 aliphatic carbocycles. The van der Waals surface area contributed by atoms with Gasteiger partial charge in [0.1, 0.15) is 0 Å². The predicted molar refractivity (Wildman–Crippen MR) is 102 cm³/mol. The van der Waals surface area contributed by atoms with Crippen LogP contribution in [0.15, 0.2) is 30.3 Å². The minimum Gasteiger partial charge on any atom is -0.303 e. The number of alkyl halides is 1. The number of benzene rings is 1. The van der Waals surface area contributed by atoms with Gasteiger partial charge in [-0.3, -0.25) is 9.36 Å². The molecule has 0 aromatic heterocycles. The molecule has 0 heterocycles.